The highest BCUT2D eigenvalue weighted by atomic mass is 32.2. The number of carbonyl (C=O) groups excluding carboxylic acids is 1. The molecule has 22 heavy (non-hydrogen) atoms. The van der Waals surface area contributed by atoms with E-state index in [9.17, 15) is 13.2 Å². The lowest BCUT2D eigenvalue weighted by atomic mass is 10.1. The molecule has 0 radical (unpaired) electrons. The molecule has 1 amide bonds. The Morgan fingerprint density at radius 1 is 1.27 bits per heavy atom. The van der Waals surface area contributed by atoms with Gasteiger partial charge in [-0.1, -0.05) is 6.92 Å². The number of rotatable bonds is 4. The number of nitrogens with zero attached hydrogens (tertiary/aromatic N) is 2. The van der Waals surface area contributed by atoms with Crippen molar-refractivity contribution in [2.24, 2.45) is 0 Å². The normalized spacial score (nSPS) is 16.7. The van der Waals surface area contributed by atoms with Crippen molar-refractivity contribution in [2.45, 2.75) is 11.8 Å². The second kappa shape index (κ2) is 6.64. The number of carbonyl (C=O) groups is 1. The number of benzene rings is 1. The Labute approximate surface area is 131 Å². The van der Waals surface area contributed by atoms with Crippen molar-refractivity contribution >= 4 is 21.6 Å². The number of anilines is 1. The van der Waals surface area contributed by atoms with Crippen molar-refractivity contribution in [3.05, 3.63) is 23.8 Å². The van der Waals surface area contributed by atoms with Gasteiger partial charge in [-0.25, -0.2) is 13.1 Å². The van der Waals surface area contributed by atoms with Gasteiger partial charge in [0.1, 0.15) is 0 Å². The number of piperazine rings is 1. The summed E-state index contributed by atoms with van der Waals surface area (Å²) in [7, 11) is -1.61. The van der Waals surface area contributed by atoms with Crippen LogP contribution in [0.1, 0.15) is 17.3 Å². The van der Waals surface area contributed by atoms with Crippen LogP contribution in [0.25, 0.3) is 0 Å². The number of hydrogen-bond donors (Lipinski definition) is 2. The highest BCUT2D eigenvalue weighted by molar-refractivity contribution is 7.89. The van der Waals surface area contributed by atoms with Gasteiger partial charge in [-0.05, 0) is 25.2 Å². The average Bonchev–Trinajstić information content (AvgIpc) is 2.47. The van der Waals surface area contributed by atoms with E-state index in [0.29, 0.717) is 18.8 Å². The van der Waals surface area contributed by atoms with Gasteiger partial charge >= 0.3 is 0 Å². The van der Waals surface area contributed by atoms with Gasteiger partial charge in [0.15, 0.2) is 0 Å². The predicted molar refractivity (Wildman–Crippen MR) is 85.1 cm³/mol. The third-order valence-corrected chi connectivity index (χ3v) is 5.23. The molecule has 0 aliphatic carbocycles. The average molecular weight is 326 g/mol. The van der Waals surface area contributed by atoms with Gasteiger partial charge in [0.05, 0.1) is 10.5 Å². The highest BCUT2D eigenvalue weighted by Crippen LogP contribution is 2.20. The first-order valence-electron chi connectivity index (χ1n) is 7.22. The molecule has 0 aromatic heterocycles. The SMILES string of the molecule is CCNS(=O)(=O)c1ccc(N)c(C(=O)N2CCN(C)CC2)c1. The fourth-order valence-electron chi connectivity index (χ4n) is 2.34. The molecule has 0 bridgehead atoms. The van der Waals surface area contributed by atoms with E-state index >= 15 is 0 Å². The minimum atomic E-state index is -3.61. The Balaban J connectivity index is 2.29. The van der Waals surface area contributed by atoms with Crippen LogP contribution in [0.4, 0.5) is 5.69 Å². The predicted octanol–water partition coefficient (Wildman–Crippen LogP) is -0.0454. The highest BCUT2D eigenvalue weighted by Gasteiger charge is 2.24. The number of hydrogen-bond acceptors (Lipinski definition) is 5. The Morgan fingerprint density at radius 2 is 1.91 bits per heavy atom. The summed E-state index contributed by atoms with van der Waals surface area (Å²) < 4.78 is 26.5. The van der Waals surface area contributed by atoms with E-state index < -0.39 is 10.0 Å². The second-order valence-electron chi connectivity index (χ2n) is 5.35. The van der Waals surface area contributed by atoms with Crippen molar-refractivity contribution in [1.29, 1.82) is 0 Å². The Bertz CT molecular complexity index is 652. The first-order valence-corrected chi connectivity index (χ1v) is 8.70. The lowest BCUT2D eigenvalue weighted by Gasteiger charge is -2.32. The summed E-state index contributed by atoms with van der Waals surface area (Å²) in [5.74, 6) is -0.223. The quantitative estimate of drug-likeness (QED) is 0.757. The van der Waals surface area contributed by atoms with Crippen LogP contribution < -0.4 is 10.5 Å². The van der Waals surface area contributed by atoms with E-state index in [0.717, 1.165) is 13.1 Å². The first-order chi connectivity index (χ1) is 10.3. The summed E-state index contributed by atoms with van der Waals surface area (Å²) in [5.41, 5.74) is 6.40. The maximum atomic E-state index is 12.6. The van der Waals surface area contributed by atoms with E-state index in [1.165, 1.54) is 18.2 Å². The molecule has 0 saturated carbocycles. The molecule has 0 spiro atoms. The third-order valence-electron chi connectivity index (χ3n) is 3.69. The molecule has 1 aliphatic rings. The zero-order valence-corrected chi connectivity index (χ0v) is 13.7. The zero-order chi connectivity index (χ0) is 16.3. The summed E-state index contributed by atoms with van der Waals surface area (Å²) in [6, 6.07) is 4.23. The van der Waals surface area contributed by atoms with Crippen LogP contribution >= 0.6 is 0 Å². The molecule has 1 saturated heterocycles. The van der Waals surface area contributed by atoms with Crippen LogP contribution in [0, 0.1) is 0 Å². The monoisotopic (exact) mass is 326 g/mol. The number of amides is 1. The molecule has 1 aromatic carbocycles. The minimum Gasteiger partial charge on any atom is -0.398 e. The molecule has 0 unspecified atom stereocenters. The number of nitrogens with one attached hydrogen (secondary N) is 1. The largest absolute Gasteiger partial charge is 0.398 e. The van der Waals surface area contributed by atoms with E-state index in [1.54, 1.807) is 11.8 Å². The maximum absolute atomic E-state index is 12.6. The summed E-state index contributed by atoms with van der Waals surface area (Å²) >= 11 is 0. The number of nitrogen functional groups attached to an aromatic ring is 1. The number of nitrogens with two attached hydrogens (primary N) is 1. The van der Waals surface area contributed by atoms with Crippen LogP contribution in [0.2, 0.25) is 0 Å². The fourth-order valence-corrected chi connectivity index (χ4v) is 3.41. The van der Waals surface area contributed by atoms with Gasteiger partial charge in [-0.2, -0.15) is 0 Å². The minimum absolute atomic E-state index is 0.0565. The summed E-state index contributed by atoms with van der Waals surface area (Å²) in [4.78, 5) is 16.5. The fraction of sp³-hybridized carbons (Fsp3) is 0.500. The molecular weight excluding hydrogens is 304 g/mol. The van der Waals surface area contributed by atoms with Gasteiger partial charge < -0.3 is 15.5 Å². The topological polar surface area (TPSA) is 95.7 Å². The van der Waals surface area contributed by atoms with Crippen LogP contribution in [0.3, 0.4) is 0 Å². The summed E-state index contributed by atoms with van der Waals surface area (Å²) in [6.45, 7) is 4.79. The number of likely N-dealkylation sites (N-methyl/N-ethyl adjacent to an activating group) is 1. The van der Waals surface area contributed by atoms with Crippen molar-refractivity contribution < 1.29 is 13.2 Å². The lowest BCUT2D eigenvalue weighted by Crippen LogP contribution is -2.47. The van der Waals surface area contributed by atoms with Gasteiger partial charge in [-0.15, -0.1) is 0 Å². The summed E-state index contributed by atoms with van der Waals surface area (Å²) in [6.07, 6.45) is 0. The molecule has 3 N–H and O–H groups in total. The molecule has 1 heterocycles. The van der Waals surface area contributed by atoms with Crippen LogP contribution in [-0.4, -0.2) is 63.9 Å². The van der Waals surface area contributed by atoms with Crippen molar-refractivity contribution in [1.82, 2.24) is 14.5 Å². The zero-order valence-electron chi connectivity index (χ0n) is 12.9. The molecule has 0 atom stereocenters. The first kappa shape index (κ1) is 16.7. The van der Waals surface area contributed by atoms with E-state index in [1.807, 2.05) is 7.05 Å². The molecule has 1 aliphatic heterocycles. The van der Waals surface area contributed by atoms with Crippen molar-refractivity contribution in [3.63, 3.8) is 0 Å². The van der Waals surface area contributed by atoms with E-state index in [-0.39, 0.29) is 22.9 Å². The van der Waals surface area contributed by atoms with Crippen LogP contribution in [0.5, 0.6) is 0 Å². The Kier molecular flexibility index (Phi) is 5.05. The summed E-state index contributed by atoms with van der Waals surface area (Å²) in [5, 5.41) is 0. The van der Waals surface area contributed by atoms with Crippen molar-refractivity contribution in [3.8, 4) is 0 Å². The third kappa shape index (κ3) is 3.57. The molecule has 8 heteroatoms. The molecule has 7 nitrogen and oxygen atoms in total. The Morgan fingerprint density at radius 3 is 2.50 bits per heavy atom. The van der Waals surface area contributed by atoms with Crippen molar-refractivity contribution in [2.75, 3.05) is 45.5 Å². The van der Waals surface area contributed by atoms with Crippen LogP contribution in [-0.2, 0) is 10.0 Å². The van der Waals surface area contributed by atoms with Gasteiger partial charge in [0, 0.05) is 38.4 Å². The van der Waals surface area contributed by atoms with Gasteiger partial charge in [0.2, 0.25) is 10.0 Å². The van der Waals surface area contributed by atoms with E-state index in [4.69, 9.17) is 5.73 Å². The van der Waals surface area contributed by atoms with Gasteiger partial charge in [0.25, 0.3) is 5.91 Å². The van der Waals surface area contributed by atoms with E-state index in [2.05, 4.69) is 9.62 Å². The van der Waals surface area contributed by atoms with Gasteiger partial charge in [-0.3, -0.25) is 4.79 Å². The molecule has 1 fully saturated rings. The standard InChI is InChI=1S/C14H22N4O3S/c1-3-16-22(20,21)11-4-5-13(15)12(10-11)14(19)18-8-6-17(2)7-9-18/h4-5,10,16H,3,6-9,15H2,1-2H3. The number of sulfonamides is 1. The maximum Gasteiger partial charge on any atom is 0.256 e. The molecule has 1 aromatic rings. The smallest absolute Gasteiger partial charge is 0.256 e. The molecule has 2 rings (SSSR count). The molecular formula is C14H22N4O3S. The lowest BCUT2D eigenvalue weighted by molar-refractivity contribution is 0.0665. The molecule has 122 valence electrons. The van der Waals surface area contributed by atoms with Crippen LogP contribution in [0.15, 0.2) is 23.1 Å². The Hall–Kier alpha value is -1.64. The second-order valence-corrected chi connectivity index (χ2v) is 7.11.